The maximum Gasteiger partial charge on any atom is 0.222 e. The molecule has 5 atom stereocenters. The Morgan fingerprint density at radius 3 is 2.19 bits per heavy atom. The molecule has 6 heteroatoms. The summed E-state index contributed by atoms with van der Waals surface area (Å²) < 4.78 is 15.4. The molecule has 1 saturated heterocycles. The maximum atomic E-state index is 12.2. The third-order valence-corrected chi connectivity index (χ3v) is 11.3. The zero-order valence-corrected chi connectivity index (χ0v) is 22.2. The monoisotopic (exact) mass is 509 g/mol. The molecule has 158 valence electrons. The fourth-order valence-electron chi connectivity index (χ4n) is 3.96. The van der Waals surface area contributed by atoms with Crippen LogP contribution in [0.25, 0.3) is 0 Å². The molecule has 1 amide bonds. The summed E-state index contributed by atoms with van der Waals surface area (Å²) in [6, 6.07) is 0.0220. The van der Waals surface area contributed by atoms with Gasteiger partial charge in [0, 0.05) is 18.8 Å². The fraction of sp³-hybridized carbons (Fsp3) is 0.857. The summed E-state index contributed by atoms with van der Waals surface area (Å²) in [4.78, 5) is 14.1. The lowest BCUT2D eigenvalue weighted by molar-refractivity contribution is -0.146. The van der Waals surface area contributed by atoms with Crippen molar-refractivity contribution in [1.29, 1.82) is 0 Å². The molecule has 0 unspecified atom stereocenters. The highest BCUT2D eigenvalue weighted by atomic mass is 127. The van der Waals surface area contributed by atoms with Crippen molar-refractivity contribution in [3.05, 3.63) is 10.2 Å². The van der Waals surface area contributed by atoms with Gasteiger partial charge < -0.3 is 14.1 Å². The van der Waals surface area contributed by atoms with Crippen molar-refractivity contribution >= 4 is 36.8 Å². The van der Waals surface area contributed by atoms with E-state index in [-0.39, 0.29) is 41.0 Å². The Morgan fingerprint density at radius 2 is 1.81 bits per heavy atom. The predicted octanol–water partition coefficient (Wildman–Crippen LogP) is 5.97. The smallest absolute Gasteiger partial charge is 0.222 e. The minimum absolute atomic E-state index is 0.0220. The minimum Gasteiger partial charge on any atom is -0.413 e. The van der Waals surface area contributed by atoms with Crippen LogP contribution in [0.5, 0.6) is 0 Å². The van der Waals surface area contributed by atoms with Gasteiger partial charge in [-0.2, -0.15) is 0 Å². The third-order valence-electron chi connectivity index (χ3n) is 6.39. The SMILES string of the molecule is CC(=O)N1[C@H](C)[C@@H]([C@H](C)[C@@H](O[Si](C)(C)C(C)(C)C)[C@@H](C)/C=C/I)OC1(C)C. The molecule has 0 aromatic rings. The number of rotatable bonds is 6. The molecular formula is C21H40INO3Si. The summed E-state index contributed by atoms with van der Waals surface area (Å²) in [5, 5.41) is 0.144. The first kappa shape index (κ1) is 25.1. The fourth-order valence-corrected chi connectivity index (χ4v) is 6.08. The van der Waals surface area contributed by atoms with Crippen LogP contribution >= 0.6 is 22.6 Å². The van der Waals surface area contributed by atoms with Crippen molar-refractivity contribution in [1.82, 2.24) is 4.90 Å². The standard InChI is InChI=1S/C21H40INO3Si/c1-14(12-13-22)18(26-27(10,11)20(5,6)7)15(2)19-16(3)23(17(4)24)21(8,9)25-19/h12-16,18-19H,1-11H3/b13-12+/t14-,15+,16+,18-,19+/m0/s1. The molecule has 0 bridgehead atoms. The van der Waals surface area contributed by atoms with Crippen molar-refractivity contribution < 1.29 is 14.0 Å². The first-order valence-corrected chi connectivity index (χ1v) is 14.1. The number of hydrogen-bond donors (Lipinski definition) is 0. The Bertz CT molecular complexity index is 556. The summed E-state index contributed by atoms with van der Waals surface area (Å²) in [6.45, 7) is 23.5. The van der Waals surface area contributed by atoms with Crippen LogP contribution in [-0.4, -0.2) is 43.1 Å². The molecule has 0 aliphatic carbocycles. The van der Waals surface area contributed by atoms with E-state index in [1.807, 2.05) is 18.7 Å². The number of hydrogen-bond acceptors (Lipinski definition) is 3. The Balaban J connectivity index is 3.21. The molecule has 1 rings (SSSR count). The van der Waals surface area contributed by atoms with Gasteiger partial charge in [-0.3, -0.25) is 4.79 Å². The van der Waals surface area contributed by atoms with Gasteiger partial charge in [0.15, 0.2) is 8.32 Å². The molecule has 0 N–H and O–H groups in total. The molecule has 0 aromatic carbocycles. The molecular weight excluding hydrogens is 469 g/mol. The van der Waals surface area contributed by atoms with Crippen LogP contribution in [-0.2, 0) is 14.0 Å². The number of ether oxygens (including phenoxy) is 1. The summed E-state index contributed by atoms with van der Waals surface area (Å²) in [5.41, 5.74) is -0.589. The molecule has 0 spiro atoms. The van der Waals surface area contributed by atoms with Crippen LogP contribution < -0.4 is 0 Å². The second-order valence-electron chi connectivity index (χ2n) is 10.0. The lowest BCUT2D eigenvalue weighted by atomic mass is 9.86. The second kappa shape index (κ2) is 8.84. The van der Waals surface area contributed by atoms with Crippen LogP contribution in [0.1, 0.15) is 62.3 Å². The number of nitrogens with zero attached hydrogens (tertiary/aromatic N) is 1. The molecule has 1 aliphatic rings. The summed E-state index contributed by atoms with van der Waals surface area (Å²) in [5.74, 6) is 0.501. The van der Waals surface area contributed by atoms with Gasteiger partial charge in [0.05, 0.1) is 18.2 Å². The predicted molar refractivity (Wildman–Crippen MR) is 124 cm³/mol. The molecule has 27 heavy (non-hydrogen) atoms. The van der Waals surface area contributed by atoms with Crippen LogP contribution in [0.15, 0.2) is 10.2 Å². The highest BCUT2D eigenvalue weighted by Gasteiger charge is 2.51. The summed E-state index contributed by atoms with van der Waals surface area (Å²) >= 11 is 2.27. The molecule has 0 aromatic heterocycles. The van der Waals surface area contributed by atoms with Gasteiger partial charge in [-0.15, -0.1) is 0 Å². The van der Waals surface area contributed by atoms with E-state index >= 15 is 0 Å². The van der Waals surface area contributed by atoms with E-state index in [2.05, 4.69) is 87.4 Å². The van der Waals surface area contributed by atoms with Gasteiger partial charge in [0.1, 0.15) is 5.72 Å². The van der Waals surface area contributed by atoms with E-state index in [0.29, 0.717) is 0 Å². The Labute approximate surface area is 181 Å². The molecule has 0 radical (unpaired) electrons. The zero-order chi connectivity index (χ0) is 21.4. The molecule has 1 heterocycles. The van der Waals surface area contributed by atoms with Crippen LogP contribution in [0.2, 0.25) is 18.1 Å². The Morgan fingerprint density at radius 1 is 1.30 bits per heavy atom. The highest BCUT2D eigenvalue weighted by molar-refractivity contribution is 14.1. The highest BCUT2D eigenvalue weighted by Crippen LogP contribution is 2.42. The summed E-state index contributed by atoms with van der Waals surface area (Å²) in [7, 11) is -1.94. The third kappa shape index (κ3) is 5.57. The van der Waals surface area contributed by atoms with Crippen molar-refractivity contribution in [2.45, 2.75) is 104 Å². The van der Waals surface area contributed by atoms with E-state index in [9.17, 15) is 4.79 Å². The van der Waals surface area contributed by atoms with Gasteiger partial charge in [0.2, 0.25) is 5.91 Å². The van der Waals surface area contributed by atoms with Crippen molar-refractivity contribution in [3.8, 4) is 0 Å². The van der Waals surface area contributed by atoms with Crippen molar-refractivity contribution in [3.63, 3.8) is 0 Å². The lowest BCUT2D eigenvalue weighted by Crippen LogP contribution is -2.50. The quantitative estimate of drug-likeness (QED) is 0.327. The van der Waals surface area contributed by atoms with Crippen molar-refractivity contribution in [2.75, 3.05) is 0 Å². The van der Waals surface area contributed by atoms with Crippen LogP contribution in [0.4, 0.5) is 0 Å². The first-order valence-electron chi connectivity index (χ1n) is 9.99. The first-order chi connectivity index (χ1) is 12.1. The summed E-state index contributed by atoms with van der Waals surface area (Å²) in [6.07, 6.45) is 2.21. The van der Waals surface area contributed by atoms with Gasteiger partial charge in [-0.25, -0.2) is 0 Å². The van der Waals surface area contributed by atoms with Crippen LogP contribution in [0.3, 0.4) is 0 Å². The Kier molecular flexibility index (Phi) is 8.22. The Hall–Kier alpha value is 0.0769. The van der Waals surface area contributed by atoms with Gasteiger partial charge in [-0.1, -0.05) is 63.3 Å². The topological polar surface area (TPSA) is 38.8 Å². The molecule has 1 fully saturated rings. The molecule has 1 aliphatic heterocycles. The minimum atomic E-state index is -1.94. The zero-order valence-electron chi connectivity index (χ0n) is 19.1. The van der Waals surface area contributed by atoms with Crippen LogP contribution in [0, 0.1) is 11.8 Å². The van der Waals surface area contributed by atoms with Gasteiger partial charge in [0.25, 0.3) is 0 Å². The van der Waals surface area contributed by atoms with Gasteiger partial charge in [-0.05, 0) is 43.0 Å². The second-order valence-corrected chi connectivity index (χ2v) is 15.5. The largest absolute Gasteiger partial charge is 0.413 e. The molecule has 4 nitrogen and oxygen atoms in total. The van der Waals surface area contributed by atoms with E-state index in [1.54, 1.807) is 6.92 Å². The number of carbonyl (C=O) groups excluding carboxylic acids is 1. The normalized spacial score (nSPS) is 27.0. The number of amides is 1. The van der Waals surface area contributed by atoms with E-state index in [1.165, 1.54) is 0 Å². The van der Waals surface area contributed by atoms with E-state index in [4.69, 9.17) is 9.16 Å². The maximum absolute atomic E-state index is 12.2. The molecule has 0 saturated carbocycles. The van der Waals surface area contributed by atoms with E-state index < -0.39 is 14.0 Å². The van der Waals surface area contributed by atoms with Crippen molar-refractivity contribution in [2.24, 2.45) is 11.8 Å². The van der Waals surface area contributed by atoms with Gasteiger partial charge >= 0.3 is 0 Å². The van der Waals surface area contributed by atoms with E-state index in [0.717, 1.165) is 0 Å². The average molecular weight is 510 g/mol. The lowest BCUT2D eigenvalue weighted by Gasteiger charge is -2.43. The number of halogens is 1. The average Bonchev–Trinajstić information content (AvgIpc) is 2.72. The number of carbonyl (C=O) groups is 1.